The van der Waals surface area contributed by atoms with Gasteiger partial charge >= 0.3 is 0 Å². The molecule has 0 radical (unpaired) electrons. The van der Waals surface area contributed by atoms with Gasteiger partial charge in [0.25, 0.3) is 5.91 Å². The Morgan fingerprint density at radius 1 is 1.40 bits per heavy atom. The van der Waals surface area contributed by atoms with Crippen molar-refractivity contribution in [2.75, 3.05) is 19.8 Å². The van der Waals surface area contributed by atoms with E-state index in [2.05, 4.69) is 5.32 Å². The number of rotatable bonds is 8. The van der Waals surface area contributed by atoms with E-state index in [-0.39, 0.29) is 24.5 Å². The number of amides is 1. The van der Waals surface area contributed by atoms with Crippen molar-refractivity contribution in [3.05, 3.63) is 29.3 Å². The molecular formula is C15H22ClNO3. The van der Waals surface area contributed by atoms with Crippen LogP contribution in [-0.4, -0.2) is 30.8 Å². The summed E-state index contributed by atoms with van der Waals surface area (Å²) in [5, 5.41) is 12.4. The second-order valence-electron chi connectivity index (χ2n) is 5.49. The van der Waals surface area contributed by atoms with Crippen molar-refractivity contribution in [3.63, 3.8) is 0 Å². The normalized spacial score (nSPS) is 11.2. The molecule has 0 heterocycles. The van der Waals surface area contributed by atoms with Gasteiger partial charge in [0, 0.05) is 13.2 Å². The summed E-state index contributed by atoms with van der Waals surface area (Å²) in [6.07, 6.45) is 1.68. The highest BCUT2D eigenvalue weighted by Crippen LogP contribution is 2.23. The molecule has 112 valence electrons. The average molecular weight is 300 g/mol. The van der Waals surface area contributed by atoms with Gasteiger partial charge < -0.3 is 15.2 Å². The summed E-state index contributed by atoms with van der Waals surface area (Å²) in [4.78, 5) is 11.6. The Labute approximate surface area is 125 Å². The molecule has 1 aromatic carbocycles. The smallest absolute Gasteiger partial charge is 0.257 e. The average Bonchev–Trinajstić information content (AvgIpc) is 2.43. The van der Waals surface area contributed by atoms with Crippen LogP contribution in [0, 0.1) is 5.41 Å². The fourth-order valence-corrected chi connectivity index (χ4v) is 1.82. The number of para-hydroxylation sites is 1. The van der Waals surface area contributed by atoms with Crippen LogP contribution in [0.4, 0.5) is 0 Å². The molecule has 0 atom stereocenters. The third kappa shape index (κ3) is 6.26. The van der Waals surface area contributed by atoms with Gasteiger partial charge in [0.1, 0.15) is 5.75 Å². The Morgan fingerprint density at radius 2 is 2.10 bits per heavy atom. The lowest BCUT2D eigenvalue weighted by Crippen LogP contribution is -2.30. The maximum absolute atomic E-state index is 11.6. The molecule has 4 nitrogen and oxygen atoms in total. The number of ether oxygens (including phenoxy) is 1. The van der Waals surface area contributed by atoms with Crippen molar-refractivity contribution in [1.82, 2.24) is 5.32 Å². The third-order valence-electron chi connectivity index (χ3n) is 2.98. The zero-order valence-electron chi connectivity index (χ0n) is 12.0. The molecule has 1 rings (SSSR count). The molecule has 0 aliphatic heterocycles. The predicted octanol–water partition coefficient (Wildman–Crippen LogP) is 2.63. The molecule has 0 aromatic heterocycles. The van der Waals surface area contributed by atoms with Crippen LogP contribution in [0.3, 0.4) is 0 Å². The van der Waals surface area contributed by atoms with Crippen LogP contribution >= 0.6 is 11.6 Å². The van der Waals surface area contributed by atoms with E-state index in [1.54, 1.807) is 24.3 Å². The number of hydrogen-bond acceptors (Lipinski definition) is 3. The largest absolute Gasteiger partial charge is 0.482 e. The van der Waals surface area contributed by atoms with Crippen molar-refractivity contribution in [1.29, 1.82) is 0 Å². The number of aliphatic hydroxyl groups is 1. The SMILES string of the molecule is CC(C)(CO)CCCNC(=O)COc1ccccc1Cl. The molecule has 1 aromatic rings. The van der Waals surface area contributed by atoms with E-state index < -0.39 is 0 Å². The molecular weight excluding hydrogens is 278 g/mol. The monoisotopic (exact) mass is 299 g/mol. The number of carbonyl (C=O) groups excluding carboxylic acids is 1. The minimum atomic E-state index is -0.174. The van der Waals surface area contributed by atoms with Gasteiger partial charge in [-0.25, -0.2) is 0 Å². The molecule has 0 saturated carbocycles. The molecule has 0 aliphatic carbocycles. The summed E-state index contributed by atoms with van der Waals surface area (Å²) >= 11 is 5.92. The summed E-state index contributed by atoms with van der Waals surface area (Å²) in [6, 6.07) is 7.04. The number of hydrogen-bond donors (Lipinski definition) is 2. The van der Waals surface area contributed by atoms with Gasteiger partial charge in [-0.15, -0.1) is 0 Å². The second kappa shape index (κ2) is 8.12. The first kappa shape index (κ1) is 16.8. The van der Waals surface area contributed by atoms with Gasteiger partial charge in [0.05, 0.1) is 5.02 Å². The first-order valence-corrected chi connectivity index (χ1v) is 7.07. The molecule has 0 bridgehead atoms. The van der Waals surface area contributed by atoms with E-state index in [1.807, 2.05) is 13.8 Å². The molecule has 5 heteroatoms. The number of nitrogens with one attached hydrogen (secondary N) is 1. The molecule has 0 spiro atoms. The standard InChI is InChI=1S/C15H22ClNO3/c1-15(2,11-18)8-5-9-17-14(19)10-20-13-7-4-3-6-12(13)16/h3-4,6-7,18H,5,8-11H2,1-2H3,(H,17,19). The zero-order valence-corrected chi connectivity index (χ0v) is 12.7. The molecule has 0 aliphatic rings. The topological polar surface area (TPSA) is 58.6 Å². The summed E-state index contributed by atoms with van der Waals surface area (Å²) in [6.45, 7) is 4.67. The Morgan fingerprint density at radius 3 is 2.75 bits per heavy atom. The van der Waals surface area contributed by atoms with Crippen LogP contribution in [-0.2, 0) is 4.79 Å². The number of benzene rings is 1. The molecule has 20 heavy (non-hydrogen) atoms. The maximum Gasteiger partial charge on any atom is 0.257 e. The van der Waals surface area contributed by atoms with Gasteiger partial charge in [-0.3, -0.25) is 4.79 Å². The highest BCUT2D eigenvalue weighted by molar-refractivity contribution is 6.32. The van der Waals surface area contributed by atoms with Crippen molar-refractivity contribution < 1.29 is 14.6 Å². The van der Waals surface area contributed by atoms with Crippen molar-refractivity contribution >= 4 is 17.5 Å². The van der Waals surface area contributed by atoms with Crippen molar-refractivity contribution in [2.45, 2.75) is 26.7 Å². The number of aliphatic hydroxyl groups excluding tert-OH is 1. The quantitative estimate of drug-likeness (QED) is 0.726. The molecule has 0 fully saturated rings. The fourth-order valence-electron chi connectivity index (χ4n) is 1.63. The fraction of sp³-hybridized carbons (Fsp3) is 0.533. The van der Waals surface area contributed by atoms with Gasteiger partial charge in [0.2, 0.25) is 0 Å². The Bertz CT molecular complexity index is 435. The Balaban J connectivity index is 2.20. The number of halogens is 1. The molecule has 0 saturated heterocycles. The van der Waals surface area contributed by atoms with E-state index in [9.17, 15) is 4.79 Å². The predicted molar refractivity (Wildman–Crippen MR) is 80.1 cm³/mol. The lowest BCUT2D eigenvalue weighted by Gasteiger charge is -2.21. The van der Waals surface area contributed by atoms with Crippen LogP contribution in [0.2, 0.25) is 5.02 Å². The first-order valence-electron chi connectivity index (χ1n) is 6.69. The number of carbonyl (C=O) groups is 1. The van der Waals surface area contributed by atoms with Crippen LogP contribution in [0.1, 0.15) is 26.7 Å². The van der Waals surface area contributed by atoms with E-state index in [4.69, 9.17) is 21.4 Å². The zero-order chi connectivity index (χ0) is 15.0. The third-order valence-corrected chi connectivity index (χ3v) is 3.29. The molecule has 1 amide bonds. The maximum atomic E-state index is 11.6. The van der Waals surface area contributed by atoms with Gasteiger partial charge in [-0.2, -0.15) is 0 Å². The van der Waals surface area contributed by atoms with Crippen molar-refractivity contribution in [2.24, 2.45) is 5.41 Å². The van der Waals surface area contributed by atoms with Crippen LogP contribution in [0.15, 0.2) is 24.3 Å². The lowest BCUT2D eigenvalue weighted by atomic mass is 9.89. The highest BCUT2D eigenvalue weighted by atomic mass is 35.5. The Hall–Kier alpha value is -1.26. The first-order chi connectivity index (χ1) is 9.44. The van der Waals surface area contributed by atoms with Gasteiger partial charge in [-0.05, 0) is 30.4 Å². The van der Waals surface area contributed by atoms with Crippen molar-refractivity contribution in [3.8, 4) is 5.75 Å². The van der Waals surface area contributed by atoms with Crippen LogP contribution in [0.25, 0.3) is 0 Å². The summed E-state index contributed by atoms with van der Waals surface area (Å²) in [5.74, 6) is 0.331. The lowest BCUT2D eigenvalue weighted by molar-refractivity contribution is -0.123. The van der Waals surface area contributed by atoms with E-state index in [0.29, 0.717) is 17.3 Å². The van der Waals surface area contributed by atoms with Crippen LogP contribution in [0.5, 0.6) is 5.75 Å². The Kier molecular flexibility index (Phi) is 6.82. The minimum Gasteiger partial charge on any atom is -0.482 e. The van der Waals surface area contributed by atoms with Gasteiger partial charge in [-0.1, -0.05) is 37.6 Å². The summed E-state index contributed by atoms with van der Waals surface area (Å²) in [7, 11) is 0. The van der Waals surface area contributed by atoms with E-state index >= 15 is 0 Å². The van der Waals surface area contributed by atoms with Crippen LogP contribution < -0.4 is 10.1 Å². The minimum absolute atomic E-state index is 0.0485. The summed E-state index contributed by atoms with van der Waals surface area (Å²) in [5.41, 5.74) is -0.0984. The van der Waals surface area contributed by atoms with Gasteiger partial charge in [0.15, 0.2) is 6.61 Å². The summed E-state index contributed by atoms with van der Waals surface area (Å²) < 4.78 is 5.33. The van der Waals surface area contributed by atoms with E-state index in [0.717, 1.165) is 12.8 Å². The van der Waals surface area contributed by atoms with E-state index in [1.165, 1.54) is 0 Å². The molecule has 2 N–H and O–H groups in total. The molecule has 0 unspecified atom stereocenters. The second-order valence-corrected chi connectivity index (χ2v) is 5.90. The highest BCUT2D eigenvalue weighted by Gasteiger charge is 2.15.